The van der Waals surface area contributed by atoms with Crippen LogP contribution in [0.4, 0.5) is 4.79 Å². The molecule has 0 bridgehead atoms. The summed E-state index contributed by atoms with van der Waals surface area (Å²) in [4.78, 5) is 40.6. The molecule has 2 aliphatic carbocycles. The number of cyclic esters (lactones) is 1. The third-order valence-electron chi connectivity index (χ3n) is 6.66. The molecule has 5 atom stereocenters. The van der Waals surface area contributed by atoms with Crippen molar-refractivity contribution in [3.05, 3.63) is 71.8 Å². The number of carbonyl (C=O) groups excluding carboxylic acids is 3. The fraction of sp³-hybridized carbons (Fsp3) is 0.375. The number of nitrogens with zero attached hydrogens (tertiary/aromatic N) is 1. The quantitative estimate of drug-likeness (QED) is 0.707. The zero-order valence-corrected chi connectivity index (χ0v) is 16.7. The summed E-state index contributed by atoms with van der Waals surface area (Å²) in [5.41, 5.74) is 0.571. The number of carbonyl (C=O) groups is 3. The van der Waals surface area contributed by atoms with Gasteiger partial charge in [0.1, 0.15) is 11.6 Å². The minimum atomic E-state index is -1.16. The SMILES string of the molecule is CCOC(=O)C1[C@H]2CCC(=O)C12N1C(=O)O[C@H](c2ccccc2)[C@@H]1c1ccccc1. The highest BCUT2D eigenvalue weighted by molar-refractivity contribution is 6.05. The van der Waals surface area contributed by atoms with Gasteiger partial charge < -0.3 is 9.47 Å². The van der Waals surface area contributed by atoms with Gasteiger partial charge in [-0.3, -0.25) is 14.5 Å². The molecule has 5 rings (SSSR count). The van der Waals surface area contributed by atoms with E-state index in [-0.39, 0.29) is 18.3 Å². The van der Waals surface area contributed by atoms with Gasteiger partial charge in [0.05, 0.1) is 12.5 Å². The second-order valence-corrected chi connectivity index (χ2v) is 8.06. The lowest BCUT2D eigenvalue weighted by molar-refractivity contribution is -0.147. The summed E-state index contributed by atoms with van der Waals surface area (Å²) >= 11 is 0. The van der Waals surface area contributed by atoms with Crippen LogP contribution in [-0.2, 0) is 19.1 Å². The summed E-state index contributed by atoms with van der Waals surface area (Å²) in [6.07, 6.45) is -0.163. The van der Waals surface area contributed by atoms with E-state index >= 15 is 0 Å². The summed E-state index contributed by atoms with van der Waals surface area (Å²) in [6.45, 7) is 1.98. The molecule has 3 fully saturated rings. The Morgan fingerprint density at radius 3 is 2.33 bits per heavy atom. The molecule has 2 aromatic carbocycles. The summed E-state index contributed by atoms with van der Waals surface area (Å²) in [7, 11) is 0. The molecular weight excluding hydrogens is 382 g/mol. The molecule has 1 saturated heterocycles. The number of amides is 1. The summed E-state index contributed by atoms with van der Waals surface area (Å²) in [5.74, 6) is -1.31. The number of benzene rings is 2. The number of ketones is 1. The van der Waals surface area contributed by atoms with Gasteiger partial charge >= 0.3 is 12.1 Å². The van der Waals surface area contributed by atoms with Gasteiger partial charge in [-0.15, -0.1) is 0 Å². The topological polar surface area (TPSA) is 72.9 Å². The molecule has 2 aromatic rings. The molecule has 0 radical (unpaired) electrons. The van der Waals surface area contributed by atoms with Gasteiger partial charge in [-0.1, -0.05) is 60.7 Å². The maximum absolute atomic E-state index is 13.2. The van der Waals surface area contributed by atoms with Gasteiger partial charge in [-0.05, 0) is 24.5 Å². The van der Waals surface area contributed by atoms with E-state index in [1.807, 2.05) is 60.7 Å². The minimum absolute atomic E-state index is 0.0721. The zero-order chi connectivity index (χ0) is 20.9. The Kier molecular flexibility index (Phi) is 4.38. The molecule has 3 aliphatic rings. The first-order valence-corrected chi connectivity index (χ1v) is 10.4. The molecular formula is C24H23NO5. The maximum atomic E-state index is 13.2. The van der Waals surface area contributed by atoms with Gasteiger partial charge in [-0.2, -0.15) is 0 Å². The average molecular weight is 405 g/mol. The average Bonchev–Trinajstić information content (AvgIpc) is 3.14. The molecule has 1 amide bonds. The standard InChI is InChI=1S/C24H23NO5/c1-2-29-22(27)19-17-13-14-18(26)24(17,19)25-20(15-9-5-3-6-10-15)21(30-23(25)28)16-11-7-4-8-12-16/h3-12,17,19-21H,2,13-14H2,1H3/t17-,19?,20+,21-,24?/m1/s1. The molecule has 0 N–H and O–H groups in total. The monoisotopic (exact) mass is 405 g/mol. The Bertz CT molecular complexity index is 991. The summed E-state index contributed by atoms with van der Waals surface area (Å²) in [5, 5.41) is 0. The van der Waals surface area contributed by atoms with Crippen LogP contribution in [0.25, 0.3) is 0 Å². The Morgan fingerprint density at radius 1 is 1.07 bits per heavy atom. The van der Waals surface area contributed by atoms with Crippen molar-refractivity contribution in [1.82, 2.24) is 4.90 Å². The molecule has 2 saturated carbocycles. The number of esters is 1. The van der Waals surface area contributed by atoms with Gasteiger partial charge in [-0.25, -0.2) is 4.79 Å². The van der Waals surface area contributed by atoms with E-state index in [2.05, 4.69) is 0 Å². The second-order valence-electron chi connectivity index (χ2n) is 8.06. The molecule has 6 heteroatoms. The van der Waals surface area contributed by atoms with Crippen LogP contribution in [0.2, 0.25) is 0 Å². The smallest absolute Gasteiger partial charge is 0.412 e. The van der Waals surface area contributed by atoms with E-state index < -0.39 is 35.7 Å². The number of hydrogen-bond donors (Lipinski definition) is 0. The Morgan fingerprint density at radius 2 is 1.70 bits per heavy atom. The van der Waals surface area contributed by atoms with Crippen LogP contribution < -0.4 is 0 Å². The van der Waals surface area contributed by atoms with Crippen LogP contribution in [0, 0.1) is 11.8 Å². The second kappa shape index (κ2) is 6.97. The Labute approximate surface area is 174 Å². The van der Waals surface area contributed by atoms with Crippen molar-refractivity contribution >= 4 is 17.8 Å². The molecule has 1 aliphatic heterocycles. The number of fused-ring (bicyclic) bond motifs is 1. The van der Waals surface area contributed by atoms with Crippen LogP contribution in [0.1, 0.15) is 43.0 Å². The van der Waals surface area contributed by atoms with Crippen LogP contribution >= 0.6 is 0 Å². The molecule has 30 heavy (non-hydrogen) atoms. The number of Topliss-reactive ketones (excluding diaryl/α,β-unsaturated/α-hetero) is 1. The van der Waals surface area contributed by atoms with E-state index in [1.54, 1.807) is 11.8 Å². The van der Waals surface area contributed by atoms with Gasteiger partial charge in [0.2, 0.25) is 0 Å². The molecule has 2 unspecified atom stereocenters. The summed E-state index contributed by atoms with van der Waals surface area (Å²) < 4.78 is 11.1. The van der Waals surface area contributed by atoms with Crippen LogP contribution in [0.5, 0.6) is 0 Å². The lowest BCUT2D eigenvalue weighted by atomic mass is 9.92. The predicted octanol–water partition coefficient (Wildman–Crippen LogP) is 3.83. The van der Waals surface area contributed by atoms with Crippen molar-refractivity contribution in [2.75, 3.05) is 6.61 Å². The number of ether oxygens (including phenoxy) is 2. The lowest BCUT2D eigenvalue weighted by Crippen LogP contribution is -2.47. The first kappa shape index (κ1) is 18.9. The molecule has 1 heterocycles. The van der Waals surface area contributed by atoms with Crippen molar-refractivity contribution < 1.29 is 23.9 Å². The Balaban J connectivity index is 1.62. The number of rotatable bonds is 5. The number of hydrogen-bond acceptors (Lipinski definition) is 5. The molecule has 6 nitrogen and oxygen atoms in total. The van der Waals surface area contributed by atoms with Gasteiger partial charge in [0.25, 0.3) is 0 Å². The normalized spacial score (nSPS) is 32.0. The molecule has 0 spiro atoms. The third-order valence-corrected chi connectivity index (χ3v) is 6.66. The van der Waals surface area contributed by atoms with Gasteiger partial charge in [0.15, 0.2) is 11.9 Å². The highest BCUT2D eigenvalue weighted by atomic mass is 16.6. The minimum Gasteiger partial charge on any atom is -0.466 e. The van der Waals surface area contributed by atoms with Crippen molar-refractivity contribution in [2.45, 2.75) is 37.5 Å². The molecule has 154 valence electrons. The maximum Gasteiger partial charge on any atom is 0.412 e. The van der Waals surface area contributed by atoms with E-state index in [4.69, 9.17) is 9.47 Å². The lowest BCUT2D eigenvalue weighted by Gasteiger charge is -2.31. The van der Waals surface area contributed by atoms with Crippen LogP contribution in [0.15, 0.2) is 60.7 Å². The largest absolute Gasteiger partial charge is 0.466 e. The van der Waals surface area contributed by atoms with E-state index in [9.17, 15) is 14.4 Å². The van der Waals surface area contributed by atoms with Gasteiger partial charge in [0, 0.05) is 12.3 Å². The van der Waals surface area contributed by atoms with E-state index in [1.165, 1.54) is 0 Å². The van der Waals surface area contributed by atoms with Crippen molar-refractivity contribution in [1.29, 1.82) is 0 Å². The highest BCUT2D eigenvalue weighted by Crippen LogP contribution is 2.67. The van der Waals surface area contributed by atoms with Crippen LogP contribution in [-0.4, -0.2) is 34.9 Å². The third kappa shape index (κ3) is 2.52. The van der Waals surface area contributed by atoms with Crippen molar-refractivity contribution in [3.63, 3.8) is 0 Å². The fourth-order valence-electron chi connectivity index (χ4n) is 5.46. The predicted molar refractivity (Wildman–Crippen MR) is 107 cm³/mol. The van der Waals surface area contributed by atoms with E-state index in [0.29, 0.717) is 12.8 Å². The fourth-order valence-corrected chi connectivity index (χ4v) is 5.46. The van der Waals surface area contributed by atoms with Crippen molar-refractivity contribution in [2.24, 2.45) is 11.8 Å². The first-order chi connectivity index (χ1) is 14.6. The molecule has 0 aromatic heterocycles. The zero-order valence-electron chi connectivity index (χ0n) is 16.7. The summed E-state index contributed by atoms with van der Waals surface area (Å²) in [6, 6.07) is 18.6. The Hall–Kier alpha value is -3.15. The first-order valence-electron chi connectivity index (χ1n) is 10.4. The highest BCUT2D eigenvalue weighted by Gasteiger charge is 2.81. The van der Waals surface area contributed by atoms with E-state index in [0.717, 1.165) is 11.1 Å². The van der Waals surface area contributed by atoms with Crippen LogP contribution in [0.3, 0.4) is 0 Å². The van der Waals surface area contributed by atoms with Crippen molar-refractivity contribution in [3.8, 4) is 0 Å².